The highest BCUT2D eigenvalue weighted by molar-refractivity contribution is 6.33. The second-order valence-corrected chi connectivity index (χ2v) is 5.11. The molecule has 0 aromatic heterocycles. The van der Waals surface area contributed by atoms with Crippen LogP contribution in [0.2, 0.25) is 0 Å². The van der Waals surface area contributed by atoms with E-state index < -0.39 is 24.2 Å². The van der Waals surface area contributed by atoms with Crippen LogP contribution >= 0.6 is 0 Å². The Kier molecular flexibility index (Phi) is 3.97. The lowest BCUT2D eigenvalue weighted by Crippen LogP contribution is -2.46. The summed E-state index contributed by atoms with van der Waals surface area (Å²) in [6.07, 6.45) is -0.0000944. The Balaban J connectivity index is 2.31. The van der Waals surface area contributed by atoms with Crippen LogP contribution in [-0.2, 0) is 0 Å². The molecule has 0 atom stereocenters. The largest absolute Gasteiger partial charge is 0.386 e. The van der Waals surface area contributed by atoms with E-state index in [0.29, 0.717) is 5.46 Å². The number of nitrogens with one attached hydrogen (secondary N) is 1. The van der Waals surface area contributed by atoms with Gasteiger partial charge in [-0.2, -0.15) is 0 Å². The van der Waals surface area contributed by atoms with E-state index in [1.54, 1.807) is 21.0 Å². The molecule has 0 unspecified atom stereocenters. The molecule has 0 aliphatic carbocycles. The lowest BCUT2D eigenvalue weighted by Gasteiger charge is -2.32. The number of hydrogen-bond donors (Lipinski definition) is 1. The van der Waals surface area contributed by atoms with Gasteiger partial charge in [-0.05, 0) is 12.5 Å². The molecule has 0 saturated carbocycles. The van der Waals surface area contributed by atoms with Gasteiger partial charge in [-0.25, -0.2) is 13.2 Å². The Hall–Kier alpha value is -1.66. The molecular weight excluding hydrogens is 268 g/mol. The highest BCUT2D eigenvalue weighted by Gasteiger charge is 2.38. The normalized spacial score (nSPS) is 17.9. The van der Waals surface area contributed by atoms with Gasteiger partial charge in [0.1, 0.15) is 7.85 Å². The number of rotatable bonds is 2. The van der Waals surface area contributed by atoms with E-state index in [-0.39, 0.29) is 30.6 Å². The fourth-order valence-corrected chi connectivity index (χ4v) is 2.42. The third kappa shape index (κ3) is 2.91. The first-order chi connectivity index (χ1) is 9.34. The molecule has 1 aliphatic heterocycles. The fraction of sp³-hybridized carbons (Fsp3) is 0.462. The van der Waals surface area contributed by atoms with Crippen molar-refractivity contribution in [3.8, 4) is 0 Å². The Morgan fingerprint density at radius 2 is 2.15 bits per heavy atom. The molecule has 108 valence electrons. The molecule has 1 aromatic carbocycles. The third-order valence-electron chi connectivity index (χ3n) is 3.40. The summed E-state index contributed by atoms with van der Waals surface area (Å²) in [6, 6.07) is 2.96. The number of halogens is 3. The molecule has 1 amide bonds. The number of alkyl halides is 2. The van der Waals surface area contributed by atoms with Crippen LogP contribution in [0.4, 0.5) is 18.9 Å². The molecule has 1 aliphatic rings. The van der Waals surface area contributed by atoms with E-state index in [2.05, 4.69) is 5.32 Å². The molecule has 2 rings (SSSR count). The van der Waals surface area contributed by atoms with Crippen molar-refractivity contribution in [1.82, 2.24) is 4.90 Å². The zero-order chi connectivity index (χ0) is 14.9. The van der Waals surface area contributed by atoms with Crippen molar-refractivity contribution in [3.05, 3.63) is 23.5 Å². The minimum atomic E-state index is -2.89. The smallest absolute Gasteiger partial charge is 0.265 e. The Bertz CT molecular complexity index is 537. The van der Waals surface area contributed by atoms with Gasteiger partial charge < -0.3 is 10.2 Å². The number of benzene rings is 1. The van der Waals surface area contributed by atoms with Crippen LogP contribution < -0.4 is 10.8 Å². The molecule has 3 nitrogen and oxygen atoms in total. The molecule has 0 bridgehead atoms. The summed E-state index contributed by atoms with van der Waals surface area (Å²) in [6.45, 7) is -0.412. The van der Waals surface area contributed by atoms with E-state index in [1.807, 2.05) is 0 Å². The van der Waals surface area contributed by atoms with E-state index in [9.17, 15) is 18.0 Å². The first-order valence-corrected chi connectivity index (χ1v) is 6.49. The van der Waals surface area contributed by atoms with Gasteiger partial charge in [0.2, 0.25) is 0 Å². The number of likely N-dealkylation sites (tertiary alicyclic amines) is 1. The second-order valence-electron chi connectivity index (χ2n) is 5.11. The highest BCUT2D eigenvalue weighted by atomic mass is 19.3. The Morgan fingerprint density at radius 3 is 2.75 bits per heavy atom. The number of hydrogen-bond acceptors (Lipinski definition) is 2. The minimum Gasteiger partial charge on any atom is -0.386 e. The van der Waals surface area contributed by atoms with Crippen molar-refractivity contribution >= 4 is 24.9 Å². The maximum atomic E-state index is 14.2. The fourth-order valence-electron chi connectivity index (χ4n) is 2.42. The van der Waals surface area contributed by atoms with E-state index >= 15 is 0 Å². The van der Waals surface area contributed by atoms with Crippen molar-refractivity contribution in [1.29, 1.82) is 0 Å². The van der Waals surface area contributed by atoms with Crippen LogP contribution in [0.15, 0.2) is 12.1 Å². The summed E-state index contributed by atoms with van der Waals surface area (Å²) in [5, 5.41) is 2.66. The van der Waals surface area contributed by atoms with Gasteiger partial charge in [-0.3, -0.25) is 4.79 Å². The highest BCUT2D eigenvalue weighted by Crippen LogP contribution is 2.28. The van der Waals surface area contributed by atoms with Gasteiger partial charge in [-0.15, -0.1) is 0 Å². The first kappa shape index (κ1) is 14.7. The molecule has 7 heteroatoms. The topological polar surface area (TPSA) is 32.3 Å². The van der Waals surface area contributed by atoms with Gasteiger partial charge in [0.05, 0.1) is 17.8 Å². The molecule has 1 fully saturated rings. The molecular formula is C13H16BF3N2O. The van der Waals surface area contributed by atoms with Crippen LogP contribution in [0.25, 0.3) is 0 Å². The number of amides is 1. The van der Waals surface area contributed by atoms with Gasteiger partial charge in [0, 0.05) is 20.0 Å². The van der Waals surface area contributed by atoms with E-state index in [4.69, 9.17) is 0 Å². The summed E-state index contributed by atoms with van der Waals surface area (Å²) in [5.74, 6) is -4.26. The lowest BCUT2D eigenvalue weighted by atomic mass is 9.92. The summed E-state index contributed by atoms with van der Waals surface area (Å²) in [7, 11) is 3.27. The van der Waals surface area contributed by atoms with Crippen molar-refractivity contribution in [2.75, 3.05) is 25.5 Å². The number of nitrogens with zero attached hydrogens (tertiary/aromatic N) is 1. The predicted molar refractivity (Wildman–Crippen MR) is 74.2 cm³/mol. The molecule has 0 spiro atoms. The quantitative estimate of drug-likeness (QED) is 0.822. The monoisotopic (exact) mass is 284 g/mol. The second kappa shape index (κ2) is 5.38. The van der Waals surface area contributed by atoms with Crippen LogP contribution in [0.3, 0.4) is 0 Å². The summed E-state index contributed by atoms with van der Waals surface area (Å²) in [5.41, 5.74) is 0.729. The SMILES string of the molecule is Bc1cc(NC)c(F)c(C(=O)N2CCCC(F)(F)C2)c1. The maximum absolute atomic E-state index is 14.2. The van der Waals surface area contributed by atoms with Gasteiger partial charge in [0.15, 0.2) is 5.82 Å². The van der Waals surface area contributed by atoms with Crippen LogP contribution in [-0.4, -0.2) is 44.7 Å². The van der Waals surface area contributed by atoms with Crippen molar-refractivity contribution in [2.24, 2.45) is 0 Å². The molecule has 1 heterocycles. The minimum absolute atomic E-state index is 0.160. The number of anilines is 1. The molecule has 1 N–H and O–H groups in total. The standard InChI is InChI=1S/C13H16BF3N2O/c1-18-10-6-8(14)5-9(11(10)15)12(20)19-4-2-3-13(16,17)7-19/h5-6,18H,2-4,7,14H2,1H3. The van der Waals surface area contributed by atoms with Gasteiger partial charge in [-0.1, -0.05) is 11.5 Å². The van der Waals surface area contributed by atoms with E-state index in [1.165, 1.54) is 6.07 Å². The van der Waals surface area contributed by atoms with Crippen molar-refractivity contribution in [3.63, 3.8) is 0 Å². The predicted octanol–water partition coefficient (Wildman–Crippen LogP) is 0.997. The third-order valence-corrected chi connectivity index (χ3v) is 3.40. The zero-order valence-electron chi connectivity index (χ0n) is 11.5. The summed E-state index contributed by atoms with van der Waals surface area (Å²) in [4.78, 5) is 13.3. The summed E-state index contributed by atoms with van der Waals surface area (Å²) >= 11 is 0. The lowest BCUT2D eigenvalue weighted by molar-refractivity contribution is -0.0561. The van der Waals surface area contributed by atoms with Gasteiger partial charge in [0.25, 0.3) is 11.8 Å². The van der Waals surface area contributed by atoms with Crippen LogP contribution in [0, 0.1) is 5.82 Å². The molecule has 1 aromatic rings. The maximum Gasteiger partial charge on any atom is 0.265 e. The first-order valence-electron chi connectivity index (χ1n) is 6.49. The Morgan fingerprint density at radius 1 is 1.45 bits per heavy atom. The molecule has 20 heavy (non-hydrogen) atoms. The average molecular weight is 284 g/mol. The number of piperidine rings is 1. The summed E-state index contributed by atoms with van der Waals surface area (Å²) < 4.78 is 40.9. The number of carbonyl (C=O) groups is 1. The number of carbonyl (C=O) groups excluding carboxylic acids is 1. The van der Waals surface area contributed by atoms with Crippen LogP contribution in [0.5, 0.6) is 0 Å². The van der Waals surface area contributed by atoms with Crippen molar-refractivity contribution < 1.29 is 18.0 Å². The molecule has 0 radical (unpaired) electrons. The van der Waals surface area contributed by atoms with Crippen molar-refractivity contribution in [2.45, 2.75) is 18.8 Å². The molecule has 1 saturated heterocycles. The Labute approximate surface area is 116 Å². The van der Waals surface area contributed by atoms with Gasteiger partial charge >= 0.3 is 0 Å². The van der Waals surface area contributed by atoms with Crippen LogP contribution in [0.1, 0.15) is 23.2 Å². The average Bonchev–Trinajstić information content (AvgIpc) is 2.39. The van der Waals surface area contributed by atoms with E-state index in [0.717, 1.165) is 4.90 Å². The zero-order valence-corrected chi connectivity index (χ0v) is 11.5.